The summed E-state index contributed by atoms with van der Waals surface area (Å²) in [4.78, 5) is 12.0. The monoisotopic (exact) mass is 411 g/mol. The largest absolute Gasteiger partial charge is 0.465 e. The summed E-state index contributed by atoms with van der Waals surface area (Å²) < 4.78 is 12.8. The summed E-state index contributed by atoms with van der Waals surface area (Å²) in [7, 11) is 1.40. The van der Waals surface area contributed by atoms with Gasteiger partial charge in [0.2, 0.25) is 0 Å². The number of esters is 1. The van der Waals surface area contributed by atoms with Gasteiger partial charge in [-0.05, 0) is 42.3 Å². The lowest BCUT2D eigenvalue weighted by Gasteiger charge is -2.05. The van der Waals surface area contributed by atoms with Gasteiger partial charge in [-0.1, -0.05) is 60.7 Å². The van der Waals surface area contributed by atoms with Gasteiger partial charge in [-0.3, -0.25) is 0 Å². The maximum absolute atomic E-state index is 12.0. The highest BCUT2D eigenvalue weighted by molar-refractivity contribution is 5.98. The van der Waals surface area contributed by atoms with Crippen LogP contribution in [-0.2, 0) is 16.1 Å². The van der Waals surface area contributed by atoms with Crippen molar-refractivity contribution in [2.75, 3.05) is 13.7 Å². The third kappa shape index (κ3) is 4.93. The van der Waals surface area contributed by atoms with E-state index < -0.39 is 0 Å². The molecule has 0 N–H and O–H groups in total. The number of aromatic nitrogens is 1. The molecule has 0 aliphatic carbocycles. The molecule has 0 unspecified atom stereocenters. The molecule has 1 heterocycles. The summed E-state index contributed by atoms with van der Waals surface area (Å²) in [6, 6.07) is 26.0. The van der Waals surface area contributed by atoms with Gasteiger partial charge in [-0.25, -0.2) is 4.79 Å². The highest BCUT2D eigenvalue weighted by Gasteiger charge is 2.12. The van der Waals surface area contributed by atoms with E-state index in [2.05, 4.69) is 47.2 Å². The standard InChI is InChI=1S/C27H25NO3/c1-30-27(29)22-15-16-26-25(18-22)23(19-28(26)24-13-6-3-7-14-24)12-8-9-17-31-20-21-10-4-2-5-11-21/h2-8,10-16,18-19H,9,17,20H2,1H3. The summed E-state index contributed by atoms with van der Waals surface area (Å²) in [6.45, 7) is 1.26. The van der Waals surface area contributed by atoms with Gasteiger partial charge < -0.3 is 14.0 Å². The smallest absolute Gasteiger partial charge is 0.337 e. The molecule has 4 heteroatoms. The third-order valence-electron chi connectivity index (χ3n) is 5.13. The number of benzene rings is 3. The van der Waals surface area contributed by atoms with Crippen molar-refractivity contribution < 1.29 is 14.3 Å². The van der Waals surface area contributed by atoms with Gasteiger partial charge in [-0.2, -0.15) is 0 Å². The molecule has 3 aromatic carbocycles. The molecule has 4 nitrogen and oxygen atoms in total. The van der Waals surface area contributed by atoms with Gasteiger partial charge in [0.05, 0.1) is 31.4 Å². The van der Waals surface area contributed by atoms with Crippen molar-refractivity contribution >= 4 is 22.9 Å². The first-order chi connectivity index (χ1) is 15.3. The van der Waals surface area contributed by atoms with Crippen LogP contribution in [0.25, 0.3) is 22.7 Å². The Kier molecular flexibility index (Phi) is 6.60. The van der Waals surface area contributed by atoms with Crippen LogP contribution in [0.3, 0.4) is 0 Å². The van der Waals surface area contributed by atoms with E-state index in [1.165, 1.54) is 12.7 Å². The van der Waals surface area contributed by atoms with Crippen molar-refractivity contribution in [3.63, 3.8) is 0 Å². The summed E-state index contributed by atoms with van der Waals surface area (Å²) in [5.74, 6) is -0.335. The van der Waals surface area contributed by atoms with E-state index in [1.54, 1.807) is 6.07 Å². The average Bonchev–Trinajstić information content (AvgIpc) is 3.20. The fourth-order valence-corrected chi connectivity index (χ4v) is 3.56. The van der Waals surface area contributed by atoms with Crippen LogP contribution in [0.1, 0.15) is 27.9 Å². The molecule has 0 radical (unpaired) electrons. The summed E-state index contributed by atoms with van der Waals surface area (Å²) >= 11 is 0. The molecule has 31 heavy (non-hydrogen) atoms. The van der Waals surface area contributed by atoms with E-state index in [0.717, 1.165) is 28.6 Å². The molecule has 0 fully saturated rings. The number of rotatable bonds is 8. The van der Waals surface area contributed by atoms with Crippen LogP contribution in [0, 0.1) is 0 Å². The minimum atomic E-state index is -0.335. The zero-order valence-electron chi connectivity index (χ0n) is 17.5. The third-order valence-corrected chi connectivity index (χ3v) is 5.13. The first-order valence-electron chi connectivity index (χ1n) is 10.3. The van der Waals surface area contributed by atoms with E-state index >= 15 is 0 Å². The maximum atomic E-state index is 12.0. The van der Waals surface area contributed by atoms with E-state index in [-0.39, 0.29) is 5.97 Å². The summed E-state index contributed by atoms with van der Waals surface area (Å²) in [6.07, 6.45) is 7.11. The van der Waals surface area contributed by atoms with Gasteiger partial charge in [0, 0.05) is 22.8 Å². The second-order valence-corrected chi connectivity index (χ2v) is 7.24. The molecule has 0 atom stereocenters. The number of para-hydroxylation sites is 1. The quantitative estimate of drug-likeness (QED) is 0.262. The van der Waals surface area contributed by atoms with Crippen molar-refractivity contribution in [2.45, 2.75) is 13.0 Å². The molecule has 0 saturated heterocycles. The van der Waals surface area contributed by atoms with E-state index in [1.807, 2.05) is 48.5 Å². The van der Waals surface area contributed by atoms with E-state index in [0.29, 0.717) is 18.8 Å². The van der Waals surface area contributed by atoms with Crippen molar-refractivity contribution in [1.82, 2.24) is 4.57 Å². The lowest BCUT2D eigenvalue weighted by Crippen LogP contribution is -2.00. The number of carbonyl (C=O) groups excluding carboxylic acids is 1. The Bertz CT molecular complexity index is 1180. The Morgan fingerprint density at radius 2 is 1.71 bits per heavy atom. The molecule has 156 valence electrons. The molecular weight excluding hydrogens is 386 g/mol. The molecule has 0 spiro atoms. The molecule has 1 aromatic heterocycles. The first-order valence-corrected chi connectivity index (χ1v) is 10.3. The molecule has 4 rings (SSSR count). The average molecular weight is 412 g/mol. The topological polar surface area (TPSA) is 40.5 Å². The Morgan fingerprint density at radius 1 is 0.968 bits per heavy atom. The number of nitrogens with zero attached hydrogens (tertiary/aromatic N) is 1. The molecular formula is C27H25NO3. The van der Waals surface area contributed by atoms with E-state index in [4.69, 9.17) is 9.47 Å². The normalized spacial score (nSPS) is 11.3. The van der Waals surface area contributed by atoms with Gasteiger partial charge in [-0.15, -0.1) is 0 Å². The van der Waals surface area contributed by atoms with Crippen LogP contribution < -0.4 is 0 Å². The molecule has 0 aliphatic heterocycles. The van der Waals surface area contributed by atoms with Crippen molar-refractivity contribution in [1.29, 1.82) is 0 Å². The minimum absolute atomic E-state index is 0.335. The fourth-order valence-electron chi connectivity index (χ4n) is 3.56. The van der Waals surface area contributed by atoms with Crippen LogP contribution in [0.15, 0.2) is 91.1 Å². The predicted octanol–water partition coefficient (Wildman–Crippen LogP) is 6.04. The Balaban J connectivity index is 1.54. The number of hydrogen-bond acceptors (Lipinski definition) is 3. The SMILES string of the molecule is COC(=O)c1ccc2c(c1)c(C=CCCOCc1ccccc1)cn2-c1ccccc1. The fraction of sp³-hybridized carbons (Fsp3) is 0.148. The van der Waals surface area contributed by atoms with Crippen molar-refractivity contribution in [2.24, 2.45) is 0 Å². The number of fused-ring (bicyclic) bond motifs is 1. The van der Waals surface area contributed by atoms with Crippen LogP contribution >= 0.6 is 0 Å². The predicted molar refractivity (Wildman–Crippen MR) is 124 cm³/mol. The number of methoxy groups -OCH3 is 1. The minimum Gasteiger partial charge on any atom is -0.465 e. The van der Waals surface area contributed by atoms with Gasteiger partial charge >= 0.3 is 5.97 Å². The molecule has 0 bridgehead atoms. The number of hydrogen-bond donors (Lipinski definition) is 0. The molecule has 0 saturated carbocycles. The Hall–Kier alpha value is -3.63. The highest BCUT2D eigenvalue weighted by Crippen LogP contribution is 2.27. The maximum Gasteiger partial charge on any atom is 0.337 e. The zero-order chi connectivity index (χ0) is 21.5. The second-order valence-electron chi connectivity index (χ2n) is 7.24. The Morgan fingerprint density at radius 3 is 2.45 bits per heavy atom. The zero-order valence-corrected chi connectivity index (χ0v) is 17.5. The summed E-state index contributed by atoms with van der Waals surface area (Å²) in [5, 5.41) is 1.01. The number of ether oxygens (including phenoxy) is 2. The van der Waals surface area contributed by atoms with Crippen LogP contribution in [0.5, 0.6) is 0 Å². The van der Waals surface area contributed by atoms with Crippen LogP contribution in [-0.4, -0.2) is 24.3 Å². The summed E-state index contributed by atoms with van der Waals surface area (Å²) in [5.41, 5.74) is 4.88. The van der Waals surface area contributed by atoms with E-state index in [9.17, 15) is 4.79 Å². The Labute approximate surface area is 182 Å². The van der Waals surface area contributed by atoms with Crippen LogP contribution in [0.2, 0.25) is 0 Å². The molecule has 0 amide bonds. The van der Waals surface area contributed by atoms with Crippen molar-refractivity contribution in [3.8, 4) is 5.69 Å². The first kappa shape index (κ1) is 20.6. The lowest BCUT2D eigenvalue weighted by molar-refractivity contribution is 0.0601. The lowest BCUT2D eigenvalue weighted by atomic mass is 10.1. The van der Waals surface area contributed by atoms with Crippen LogP contribution in [0.4, 0.5) is 0 Å². The van der Waals surface area contributed by atoms with Gasteiger partial charge in [0.1, 0.15) is 0 Å². The second kappa shape index (κ2) is 9.92. The van der Waals surface area contributed by atoms with Gasteiger partial charge in [0.25, 0.3) is 0 Å². The molecule has 0 aliphatic rings. The highest BCUT2D eigenvalue weighted by atomic mass is 16.5. The number of carbonyl (C=O) groups is 1. The van der Waals surface area contributed by atoms with Crippen molar-refractivity contribution in [3.05, 3.63) is 108 Å². The van der Waals surface area contributed by atoms with Gasteiger partial charge in [0.15, 0.2) is 0 Å². The molecule has 4 aromatic rings.